The van der Waals surface area contributed by atoms with E-state index in [1.807, 2.05) is 0 Å². The van der Waals surface area contributed by atoms with Crippen LogP contribution in [-0.2, 0) is 4.79 Å². The van der Waals surface area contributed by atoms with Crippen LogP contribution in [0.25, 0.3) is 5.57 Å². The molecule has 2 rings (SSSR count). The number of aldehydes is 1. The number of carbonyl (C=O) groups excluding carboxylic acids is 2. The Morgan fingerprint density at radius 2 is 2.22 bits per heavy atom. The lowest BCUT2D eigenvalue weighted by atomic mass is 10.0. The van der Waals surface area contributed by atoms with Gasteiger partial charge in [-0.05, 0) is 11.6 Å². The molecule has 18 heavy (non-hydrogen) atoms. The van der Waals surface area contributed by atoms with Gasteiger partial charge in [0.25, 0.3) is 5.91 Å². The lowest BCUT2D eigenvalue weighted by Crippen LogP contribution is -2.18. The molecule has 1 aliphatic heterocycles. The summed E-state index contributed by atoms with van der Waals surface area (Å²) in [5.41, 5.74) is 1.61. The molecular formula is C12H8N2O2S2. The Labute approximate surface area is 113 Å². The number of hydrogen-bond donors (Lipinski definition) is 2. The number of amides is 1. The minimum absolute atomic E-state index is 0.306. The second-order valence-corrected chi connectivity index (χ2v) is 5.16. The van der Waals surface area contributed by atoms with E-state index in [0.717, 1.165) is 24.3 Å². The van der Waals surface area contributed by atoms with Gasteiger partial charge in [-0.2, -0.15) is 0 Å². The van der Waals surface area contributed by atoms with Crippen LogP contribution in [0, 0.1) is 5.41 Å². The van der Waals surface area contributed by atoms with Crippen LogP contribution in [0.4, 0.5) is 0 Å². The second kappa shape index (κ2) is 5.24. The van der Waals surface area contributed by atoms with Gasteiger partial charge in [-0.1, -0.05) is 42.2 Å². The first kappa shape index (κ1) is 12.7. The van der Waals surface area contributed by atoms with Gasteiger partial charge in [0.2, 0.25) is 0 Å². The Bertz CT molecular complexity index is 593. The van der Waals surface area contributed by atoms with Crippen LogP contribution in [0.1, 0.15) is 15.9 Å². The van der Waals surface area contributed by atoms with E-state index in [4.69, 9.17) is 17.6 Å². The van der Waals surface area contributed by atoms with Crippen molar-refractivity contribution >= 4 is 52.3 Å². The van der Waals surface area contributed by atoms with Crippen molar-refractivity contribution in [3.63, 3.8) is 0 Å². The van der Waals surface area contributed by atoms with Crippen molar-refractivity contribution in [1.29, 1.82) is 5.41 Å². The summed E-state index contributed by atoms with van der Waals surface area (Å²) in [7, 11) is 0. The van der Waals surface area contributed by atoms with E-state index in [0.29, 0.717) is 25.9 Å². The fraction of sp³-hybridized carbons (Fsp3) is 0. The lowest BCUT2D eigenvalue weighted by Gasteiger charge is -2.04. The van der Waals surface area contributed by atoms with Crippen LogP contribution in [0.3, 0.4) is 0 Å². The summed E-state index contributed by atoms with van der Waals surface area (Å²) in [6.45, 7) is 0. The molecule has 1 heterocycles. The van der Waals surface area contributed by atoms with Gasteiger partial charge in [0.05, 0.1) is 4.91 Å². The highest BCUT2D eigenvalue weighted by atomic mass is 32.2. The van der Waals surface area contributed by atoms with Gasteiger partial charge in [-0.25, -0.2) is 0 Å². The Morgan fingerprint density at radius 3 is 2.78 bits per heavy atom. The number of thioether (sulfide) groups is 1. The normalized spacial score (nSPS) is 17.3. The number of hydrogen-bond acceptors (Lipinski definition) is 5. The third kappa shape index (κ3) is 2.39. The van der Waals surface area contributed by atoms with Crippen molar-refractivity contribution in [2.24, 2.45) is 0 Å². The summed E-state index contributed by atoms with van der Waals surface area (Å²) in [4.78, 5) is 22.8. The SMILES string of the molecule is N=C/C(=C1\SC(=S)NC1=O)c1cccc(C=O)c1. The minimum atomic E-state index is -0.306. The van der Waals surface area contributed by atoms with Crippen LogP contribution < -0.4 is 5.32 Å². The Morgan fingerprint density at radius 1 is 1.44 bits per heavy atom. The minimum Gasteiger partial charge on any atom is -0.308 e. The monoisotopic (exact) mass is 276 g/mol. The average Bonchev–Trinajstić information content (AvgIpc) is 2.70. The van der Waals surface area contributed by atoms with Gasteiger partial charge in [0.15, 0.2) is 0 Å². The molecule has 4 nitrogen and oxygen atoms in total. The van der Waals surface area contributed by atoms with E-state index in [1.54, 1.807) is 24.3 Å². The van der Waals surface area contributed by atoms with Crippen molar-refractivity contribution in [1.82, 2.24) is 5.32 Å². The number of thiocarbonyl (C=S) groups is 1. The molecule has 0 saturated carbocycles. The molecule has 0 bridgehead atoms. The zero-order valence-corrected chi connectivity index (χ0v) is 10.7. The first-order valence-electron chi connectivity index (χ1n) is 4.99. The van der Waals surface area contributed by atoms with Crippen molar-refractivity contribution < 1.29 is 9.59 Å². The maximum atomic E-state index is 11.7. The highest BCUT2D eigenvalue weighted by molar-refractivity contribution is 8.27. The van der Waals surface area contributed by atoms with Crippen LogP contribution in [0.2, 0.25) is 0 Å². The zero-order valence-electron chi connectivity index (χ0n) is 9.10. The van der Waals surface area contributed by atoms with E-state index in [2.05, 4.69) is 5.32 Å². The van der Waals surface area contributed by atoms with Gasteiger partial charge in [-0.15, -0.1) is 0 Å². The molecular weight excluding hydrogens is 268 g/mol. The Hall–Kier alpha value is -1.79. The third-order valence-electron chi connectivity index (χ3n) is 2.34. The lowest BCUT2D eigenvalue weighted by molar-refractivity contribution is -0.115. The van der Waals surface area contributed by atoms with Gasteiger partial charge in [0, 0.05) is 17.4 Å². The van der Waals surface area contributed by atoms with Crippen molar-refractivity contribution in [3.8, 4) is 0 Å². The van der Waals surface area contributed by atoms with Crippen molar-refractivity contribution in [2.75, 3.05) is 0 Å². The molecule has 1 aromatic rings. The summed E-state index contributed by atoms with van der Waals surface area (Å²) in [6.07, 6.45) is 1.82. The Balaban J connectivity index is 2.54. The number of benzene rings is 1. The highest BCUT2D eigenvalue weighted by Crippen LogP contribution is 2.31. The summed E-state index contributed by atoms with van der Waals surface area (Å²) in [6, 6.07) is 6.75. The summed E-state index contributed by atoms with van der Waals surface area (Å²) < 4.78 is 0.376. The van der Waals surface area contributed by atoms with Crippen LogP contribution in [0.15, 0.2) is 29.2 Å². The van der Waals surface area contributed by atoms with Gasteiger partial charge >= 0.3 is 0 Å². The molecule has 6 heteroatoms. The first-order valence-corrected chi connectivity index (χ1v) is 6.21. The third-order valence-corrected chi connectivity index (χ3v) is 3.59. The molecule has 2 N–H and O–H groups in total. The van der Waals surface area contributed by atoms with Crippen molar-refractivity contribution in [3.05, 3.63) is 40.3 Å². The molecule has 90 valence electrons. The smallest absolute Gasteiger partial charge is 0.264 e. The zero-order chi connectivity index (χ0) is 13.1. The van der Waals surface area contributed by atoms with Crippen LogP contribution in [0.5, 0.6) is 0 Å². The Kier molecular flexibility index (Phi) is 3.69. The van der Waals surface area contributed by atoms with E-state index in [-0.39, 0.29) is 5.91 Å². The molecule has 1 amide bonds. The number of rotatable bonds is 3. The van der Waals surface area contributed by atoms with Gasteiger partial charge in [0.1, 0.15) is 10.6 Å². The predicted molar refractivity (Wildman–Crippen MR) is 75.9 cm³/mol. The topological polar surface area (TPSA) is 70.0 Å². The fourth-order valence-electron chi connectivity index (χ4n) is 1.55. The van der Waals surface area contributed by atoms with Crippen LogP contribution >= 0.6 is 24.0 Å². The average molecular weight is 276 g/mol. The number of allylic oxidation sites excluding steroid dienone is 1. The molecule has 0 unspecified atom stereocenters. The molecule has 0 aromatic heterocycles. The van der Waals surface area contributed by atoms with Gasteiger partial charge < -0.3 is 10.7 Å². The number of nitrogens with one attached hydrogen (secondary N) is 2. The summed E-state index contributed by atoms with van der Waals surface area (Å²) in [5.74, 6) is -0.306. The fourth-order valence-corrected chi connectivity index (χ4v) is 2.65. The predicted octanol–water partition coefficient (Wildman–Crippen LogP) is 2.01. The molecule has 1 saturated heterocycles. The number of carbonyl (C=O) groups is 2. The molecule has 1 aromatic carbocycles. The van der Waals surface area contributed by atoms with Crippen LogP contribution in [-0.4, -0.2) is 22.7 Å². The standard InChI is InChI=1S/C12H8N2O2S2/c13-5-9(10-11(16)14-12(17)18-10)8-3-1-2-7(4-8)6-15/h1-6,13H,(H,14,16,17)/b10-9+,13-5?. The molecule has 0 aliphatic carbocycles. The summed E-state index contributed by atoms with van der Waals surface area (Å²) >= 11 is 6.03. The summed E-state index contributed by atoms with van der Waals surface area (Å²) in [5, 5.41) is 9.94. The molecule has 1 fully saturated rings. The van der Waals surface area contributed by atoms with Crippen molar-refractivity contribution in [2.45, 2.75) is 0 Å². The highest BCUT2D eigenvalue weighted by Gasteiger charge is 2.25. The molecule has 0 atom stereocenters. The second-order valence-electron chi connectivity index (χ2n) is 3.47. The molecule has 0 spiro atoms. The van der Waals surface area contributed by atoms with E-state index < -0.39 is 0 Å². The van der Waals surface area contributed by atoms with E-state index >= 15 is 0 Å². The maximum absolute atomic E-state index is 11.7. The van der Waals surface area contributed by atoms with Gasteiger partial charge in [-0.3, -0.25) is 9.59 Å². The largest absolute Gasteiger partial charge is 0.308 e. The maximum Gasteiger partial charge on any atom is 0.264 e. The molecule has 0 radical (unpaired) electrons. The van der Waals surface area contributed by atoms with E-state index in [9.17, 15) is 9.59 Å². The van der Waals surface area contributed by atoms with E-state index in [1.165, 1.54) is 0 Å². The molecule has 1 aliphatic rings. The quantitative estimate of drug-likeness (QED) is 0.383. The first-order chi connectivity index (χ1) is 8.65.